The normalized spacial score (nSPS) is 7.77. The first-order chi connectivity index (χ1) is 9.38. The van der Waals surface area contributed by atoms with E-state index in [2.05, 4.69) is 0 Å². The van der Waals surface area contributed by atoms with Crippen molar-refractivity contribution in [1.82, 2.24) is 0 Å². The Morgan fingerprint density at radius 1 is 0.545 bits per heavy atom. The topological polar surface area (TPSA) is 172 Å². The minimum atomic E-state index is -1.31. The van der Waals surface area contributed by atoms with E-state index < -0.39 is 37.2 Å². The Balaban J connectivity index is -0.000000108. The molecule has 0 amide bonds. The van der Waals surface area contributed by atoms with Crippen LogP contribution in [-0.2, 0) is 28.8 Å². The molecule has 0 spiro atoms. The Labute approximate surface area is 159 Å². The number of ketones is 3. The van der Waals surface area contributed by atoms with Gasteiger partial charge in [0.25, 0.3) is 0 Å². The molecule has 0 aliphatic carbocycles. The van der Waals surface area contributed by atoms with Gasteiger partial charge in [-0.25, -0.2) is 0 Å². The van der Waals surface area contributed by atoms with Gasteiger partial charge in [0.2, 0.25) is 0 Å². The molecule has 0 N–H and O–H groups in total. The van der Waals surface area contributed by atoms with Gasteiger partial charge in [-0.2, -0.15) is 0 Å². The largest absolute Gasteiger partial charge is 3.00 e. The Bertz CT molecular complexity index is 317. The van der Waals surface area contributed by atoms with Gasteiger partial charge in [0.15, 0.2) is 0 Å². The van der Waals surface area contributed by atoms with Gasteiger partial charge >= 0.3 is 40.8 Å². The van der Waals surface area contributed by atoms with Gasteiger partial charge in [0.05, 0.1) is 0 Å². The zero-order valence-electron chi connectivity index (χ0n) is 12.3. The maximum absolute atomic E-state index is 9.83. The molecule has 0 atom stereocenters. The molecule has 22 heavy (non-hydrogen) atoms. The fourth-order valence-corrected chi connectivity index (χ4v) is 0.610. The fourth-order valence-electron chi connectivity index (χ4n) is 0.610. The summed E-state index contributed by atoms with van der Waals surface area (Å²) in [6.07, 6.45) is -1.42. The van der Waals surface area contributed by atoms with Gasteiger partial charge in [0.1, 0.15) is 17.3 Å². The van der Waals surface area contributed by atoms with Crippen molar-refractivity contribution < 1.29 is 84.9 Å². The number of aliphatic carboxylic acids is 3. The van der Waals surface area contributed by atoms with Gasteiger partial charge < -0.3 is 29.7 Å². The van der Waals surface area contributed by atoms with Crippen LogP contribution in [0.25, 0.3) is 0 Å². The van der Waals surface area contributed by atoms with E-state index >= 15 is 0 Å². The van der Waals surface area contributed by atoms with E-state index in [9.17, 15) is 44.1 Å². The number of hydrogen-bond acceptors (Lipinski definition) is 9. The molecule has 121 valence electrons. The second-order valence-corrected chi connectivity index (χ2v) is 3.75. The molecule has 0 fully saturated rings. The van der Waals surface area contributed by atoms with Crippen molar-refractivity contribution in [3.63, 3.8) is 0 Å². The smallest absolute Gasteiger partial charge is 0.550 e. The summed E-state index contributed by atoms with van der Waals surface area (Å²) in [4.78, 5) is 57.9. The average Bonchev–Trinajstić information content (AvgIpc) is 2.10. The monoisotopic (exact) mass is 445 g/mol. The molecule has 0 aromatic heterocycles. The molecule has 0 aromatic rings. The summed E-state index contributed by atoms with van der Waals surface area (Å²) in [7, 11) is 0. The second kappa shape index (κ2) is 17.8. The van der Waals surface area contributed by atoms with E-state index in [0.29, 0.717) is 0 Å². The van der Waals surface area contributed by atoms with Gasteiger partial charge in [-0.1, -0.05) is 0 Å². The van der Waals surface area contributed by atoms with Crippen LogP contribution < -0.4 is 15.3 Å². The first-order valence-corrected chi connectivity index (χ1v) is 5.46. The molecule has 0 aliphatic heterocycles. The summed E-state index contributed by atoms with van der Waals surface area (Å²) in [5.74, 6) is -5.06. The van der Waals surface area contributed by atoms with Crippen molar-refractivity contribution in [2.24, 2.45) is 0 Å². The maximum atomic E-state index is 9.83. The SMILES string of the molecule is CC(=O)CC(=O)[O-].CC(=O)CC(=O)[O-].CC(=O)CC(=O)[O-].[Nd+3]. The molecule has 0 unspecified atom stereocenters. The summed E-state index contributed by atoms with van der Waals surface area (Å²) in [6, 6.07) is 0. The van der Waals surface area contributed by atoms with E-state index in [-0.39, 0.29) is 58.2 Å². The number of carboxylic acid groups (broad SMARTS) is 3. The molecule has 10 heteroatoms. The number of carbonyl (C=O) groups excluding carboxylic acids is 6. The van der Waals surface area contributed by atoms with Crippen molar-refractivity contribution in [2.75, 3.05) is 0 Å². The molecule has 9 nitrogen and oxygen atoms in total. The van der Waals surface area contributed by atoms with Gasteiger partial charge in [-0.15, -0.1) is 0 Å². The van der Waals surface area contributed by atoms with Crippen LogP contribution in [0.3, 0.4) is 0 Å². The maximum Gasteiger partial charge on any atom is 3.00 e. The van der Waals surface area contributed by atoms with Crippen molar-refractivity contribution in [2.45, 2.75) is 40.0 Å². The Kier molecular flexibility index (Phi) is 23.4. The fraction of sp³-hybridized carbons (Fsp3) is 0.500. The van der Waals surface area contributed by atoms with E-state index in [1.54, 1.807) is 0 Å². The van der Waals surface area contributed by atoms with Crippen LogP contribution in [0.15, 0.2) is 0 Å². The van der Waals surface area contributed by atoms with E-state index in [1.165, 1.54) is 20.8 Å². The minimum Gasteiger partial charge on any atom is -0.550 e. The molecule has 0 saturated heterocycles. The zero-order valence-corrected chi connectivity index (χ0v) is 15.5. The Morgan fingerprint density at radius 3 is 0.682 bits per heavy atom. The summed E-state index contributed by atoms with van der Waals surface area (Å²) >= 11 is 0. The second-order valence-electron chi connectivity index (χ2n) is 3.75. The quantitative estimate of drug-likeness (QED) is 0.369. The van der Waals surface area contributed by atoms with Crippen molar-refractivity contribution >= 4 is 35.3 Å². The van der Waals surface area contributed by atoms with Gasteiger partial charge in [-0.05, 0) is 20.8 Å². The zero-order chi connectivity index (χ0) is 17.6. The van der Waals surface area contributed by atoms with Crippen LogP contribution >= 0.6 is 0 Å². The molecule has 0 rings (SSSR count). The van der Waals surface area contributed by atoms with Gasteiger partial charge in [-0.3, -0.25) is 14.4 Å². The first-order valence-electron chi connectivity index (χ1n) is 5.46. The summed E-state index contributed by atoms with van der Waals surface area (Å²) in [5.41, 5.74) is 0. The van der Waals surface area contributed by atoms with E-state index in [0.717, 1.165) is 0 Å². The minimum absolute atomic E-state index is 0. The number of hydrogen-bond donors (Lipinski definition) is 0. The van der Waals surface area contributed by atoms with Crippen LogP contribution in [-0.4, -0.2) is 35.3 Å². The van der Waals surface area contributed by atoms with Crippen LogP contribution in [0.1, 0.15) is 40.0 Å². The molecule has 0 bridgehead atoms. The summed E-state index contributed by atoms with van der Waals surface area (Å²) in [5, 5.41) is 28.4. The standard InChI is InChI=1S/3C4H6O3.Nd/c3*1-3(5)2-4(6)7;/h3*2H2,1H3,(H,6,7);/q;;;+3/p-3. The molecule has 0 heterocycles. The van der Waals surface area contributed by atoms with Crippen molar-refractivity contribution in [3.8, 4) is 0 Å². The average molecular weight is 447 g/mol. The van der Waals surface area contributed by atoms with Crippen LogP contribution in [0.4, 0.5) is 0 Å². The van der Waals surface area contributed by atoms with Gasteiger partial charge in [0, 0.05) is 37.2 Å². The summed E-state index contributed by atoms with van der Waals surface area (Å²) in [6.45, 7) is 3.61. The first kappa shape index (κ1) is 28.9. The van der Waals surface area contributed by atoms with Crippen LogP contribution in [0.5, 0.6) is 0 Å². The predicted molar refractivity (Wildman–Crippen MR) is 60.9 cm³/mol. The summed E-state index contributed by atoms with van der Waals surface area (Å²) < 4.78 is 0. The molecule has 0 aromatic carbocycles. The third-order valence-corrected chi connectivity index (χ3v) is 1.18. The third kappa shape index (κ3) is 51.1. The Hall–Kier alpha value is -1.23. The van der Waals surface area contributed by atoms with E-state index in [4.69, 9.17) is 0 Å². The predicted octanol–water partition coefficient (Wildman–Crippen LogP) is -3.85. The van der Waals surface area contributed by atoms with Crippen molar-refractivity contribution in [1.29, 1.82) is 0 Å². The molecule has 1 radical (unpaired) electrons. The molecular formula is C12H15NdO9. The van der Waals surface area contributed by atoms with Crippen LogP contribution in [0, 0.1) is 40.8 Å². The van der Waals surface area contributed by atoms with Crippen molar-refractivity contribution in [3.05, 3.63) is 0 Å². The molecule has 0 aliphatic rings. The Morgan fingerprint density at radius 2 is 0.682 bits per heavy atom. The molecule has 0 saturated carbocycles. The number of carbonyl (C=O) groups is 6. The third-order valence-electron chi connectivity index (χ3n) is 1.18. The number of Topliss-reactive ketones (excluding diaryl/α,β-unsaturated/α-hetero) is 3. The number of rotatable bonds is 6. The van der Waals surface area contributed by atoms with E-state index in [1.807, 2.05) is 0 Å². The number of carboxylic acids is 3. The van der Waals surface area contributed by atoms with Crippen LogP contribution in [0.2, 0.25) is 0 Å². The molecular weight excluding hydrogens is 432 g/mol.